The zero-order valence-corrected chi connectivity index (χ0v) is 8.09. The van der Waals surface area contributed by atoms with E-state index in [4.69, 9.17) is 11.6 Å². The normalized spacial score (nSPS) is 9.50. The summed E-state index contributed by atoms with van der Waals surface area (Å²) < 4.78 is 2.52. The van der Waals surface area contributed by atoms with Gasteiger partial charge in [-0.15, -0.1) is 0 Å². The number of benzene rings is 1. The van der Waals surface area contributed by atoms with Crippen LogP contribution in [0.25, 0.3) is 0 Å². The SMILES string of the molecule is O=[N+]([O-])c1cc(Cl)ccc1NBr. The maximum Gasteiger partial charge on any atom is 0.294 e. The van der Waals surface area contributed by atoms with Crippen LogP contribution in [0.4, 0.5) is 11.4 Å². The van der Waals surface area contributed by atoms with E-state index in [-0.39, 0.29) is 5.69 Å². The summed E-state index contributed by atoms with van der Waals surface area (Å²) in [6.07, 6.45) is 0. The quantitative estimate of drug-likeness (QED) is 0.499. The van der Waals surface area contributed by atoms with Crippen molar-refractivity contribution in [1.82, 2.24) is 0 Å². The van der Waals surface area contributed by atoms with Gasteiger partial charge in [0.1, 0.15) is 5.69 Å². The first-order valence-corrected chi connectivity index (χ1v) is 4.13. The van der Waals surface area contributed by atoms with E-state index in [0.717, 1.165) is 0 Å². The van der Waals surface area contributed by atoms with Gasteiger partial charge >= 0.3 is 0 Å². The van der Waals surface area contributed by atoms with E-state index in [1.807, 2.05) is 0 Å². The molecular weight excluding hydrogens is 247 g/mol. The highest BCUT2D eigenvalue weighted by molar-refractivity contribution is 9.10. The van der Waals surface area contributed by atoms with Gasteiger partial charge in [-0.25, -0.2) is 0 Å². The molecule has 6 heteroatoms. The molecule has 12 heavy (non-hydrogen) atoms. The van der Waals surface area contributed by atoms with Crippen molar-refractivity contribution in [3.63, 3.8) is 0 Å². The molecule has 0 heterocycles. The largest absolute Gasteiger partial charge is 0.317 e. The van der Waals surface area contributed by atoms with Crippen LogP contribution in [0.15, 0.2) is 18.2 Å². The molecule has 0 saturated heterocycles. The zero-order chi connectivity index (χ0) is 9.14. The maximum absolute atomic E-state index is 10.4. The fourth-order valence-electron chi connectivity index (χ4n) is 0.736. The number of nitro benzene ring substituents is 1. The third kappa shape index (κ3) is 1.86. The number of anilines is 1. The summed E-state index contributed by atoms with van der Waals surface area (Å²) in [6, 6.07) is 4.37. The van der Waals surface area contributed by atoms with Gasteiger partial charge in [0.25, 0.3) is 5.69 Å². The Kier molecular flexibility index (Phi) is 2.88. The van der Waals surface area contributed by atoms with Gasteiger partial charge in [-0.2, -0.15) is 0 Å². The lowest BCUT2D eigenvalue weighted by atomic mass is 10.3. The van der Waals surface area contributed by atoms with Gasteiger partial charge in [-0.3, -0.25) is 10.1 Å². The number of halogens is 2. The van der Waals surface area contributed by atoms with Crippen LogP contribution >= 0.6 is 27.7 Å². The fourth-order valence-corrected chi connectivity index (χ4v) is 1.24. The number of hydrogen-bond donors (Lipinski definition) is 1. The van der Waals surface area contributed by atoms with Crippen LogP contribution in [-0.4, -0.2) is 4.92 Å². The Balaban J connectivity index is 3.21. The highest BCUT2D eigenvalue weighted by atomic mass is 79.9. The molecular formula is C6H4BrClN2O2. The summed E-state index contributed by atoms with van der Waals surface area (Å²) in [5.41, 5.74) is 0.323. The predicted molar refractivity (Wildman–Crippen MR) is 50.7 cm³/mol. The molecule has 1 rings (SSSR count). The van der Waals surface area contributed by atoms with Crippen molar-refractivity contribution >= 4 is 39.1 Å². The average Bonchev–Trinajstić information content (AvgIpc) is 2.04. The van der Waals surface area contributed by atoms with Gasteiger partial charge in [0.15, 0.2) is 0 Å². The summed E-state index contributed by atoms with van der Waals surface area (Å²) in [5, 5.41) is 10.8. The van der Waals surface area contributed by atoms with Gasteiger partial charge in [0.05, 0.1) is 4.92 Å². The summed E-state index contributed by atoms with van der Waals surface area (Å²) in [6.45, 7) is 0. The van der Waals surface area contributed by atoms with Gasteiger partial charge in [0, 0.05) is 27.2 Å². The Hall–Kier alpha value is -0.810. The van der Waals surface area contributed by atoms with Crippen molar-refractivity contribution < 1.29 is 4.92 Å². The van der Waals surface area contributed by atoms with Gasteiger partial charge < -0.3 is 4.34 Å². The van der Waals surface area contributed by atoms with Gasteiger partial charge in [0.2, 0.25) is 0 Å². The van der Waals surface area contributed by atoms with Gasteiger partial charge in [-0.05, 0) is 12.1 Å². The third-order valence-electron chi connectivity index (χ3n) is 1.26. The third-order valence-corrected chi connectivity index (χ3v) is 1.92. The Labute approximate surface area is 82.0 Å². The molecule has 1 aromatic rings. The van der Waals surface area contributed by atoms with Crippen molar-refractivity contribution in [3.8, 4) is 0 Å². The van der Waals surface area contributed by atoms with Crippen molar-refractivity contribution in [2.24, 2.45) is 0 Å². The maximum atomic E-state index is 10.4. The summed E-state index contributed by atoms with van der Waals surface area (Å²) in [7, 11) is 0. The number of hydrogen-bond acceptors (Lipinski definition) is 3. The van der Waals surface area contributed by atoms with E-state index < -0.39 is 4.92 Å². The molecule has 0 bridgehead atoms. The molecule has 64 valence electrons. The minimum Gasteiger partial charge on any atom is -0.317 e. The Morgan fingerprint density at radius 3 is 2.75 bits per heavy atom. The van der Waals surface area contributed by atoms with E-state index in [1.165, 1.54) is 12.1 Å². The molecule has 0 saturated carbocycles. The Bertz CT molecular complexity index is 318. The smallest absolute Gasteiger partial charge is 0.294 e. The molecule has 0 aliphatic carbocycles. The van der Waals surface area contributed by atoms with Crippen LogP contribution in [-0.2, 0) is 0 Å². The standard InChI is InChI=1S/C6H4BrClN2O2/c7-9-5-2-1-4(8)3-6(5)10(11)12/h1-3,9H. The summed E-state index contributed by atoms with van der Waals surface area (Å²) in [4.78, 5) is 9.91. The van der Waals surface area contributed by atoms with Crippen LogP contribution in [0.5, 0.6) is 0 Å². The minimum atomic E-state index is -0.504. The first-order valence-electron chi connectivity index (χ1n) is 2.95. The molecule has 4 nitrogen and oxygen atoms in total. The van der Waals surface area contributed by atoms with E-state index in [9.17, 15) is 10.1 Å². The van der Waals surface area contributed by atoms with Crippen LogP contribution < -0.4 is 4.34 Å². The number of nitrogens with one attached hydrogen (secondary N) is 1. The van der Waals surface area contributed by atoms with E-state index in [0.29, 0.717) is 10.7 Å². The molecule has 0 unspecified atom stereocenters. The van der Waals surface area contributed by atoms with Crippen molar-refractivity contribution in [2.75, 3.05) is 4.34 Å². The Morgan fingerprint density at radius 2 is 2.25 bits per heavy atom. The lowest BCUT2D eigenvalue weighted by Crippen LogP contribution is -1.92. The monoisotopic (exact) mass is 250 g/mol. The highest BCUT2D eigenvalue weighted by Gasteiger charge is 2.12. The molecule has 1 aromatic carbocycles. The second-order valence-electron chi connectivity index (χ2n) is 2.01. The van der Waals surface area contributed by atoms with Crippen molar-refractivity contribution in [2.45, 2.75) is 0 Å². The van der Waals surface area contributed by atoms with E-state index >= 15 is 0 Å². The molecule has 0 amide bonds. The molecule has 0 aliphatic heterocycles. The van der Waals surface area contributed by atoms with E-state index in [2.05, 4.69) is 20.5 Å². The molecule has 0 aromatic heterocycles. The lowest BCUT2D eigenvalue weighted by Gasteiger charge is -1.99. The topological polar surface area (TPSA) is 55.2 Å². The first kappa shape index (κ1) is 9.28. The molecule has 0 fully saturated rings. The van der Waals surface area contributed by atoms with E-state index in [1.54, 1.807) is 6.07 Å². The average molecular weight is 251 g/mol. The number of nitrogens with zero attached hydrogens (tertiary/aromatic N) is 1. The number of nitro groups is 1. The van der Waals surface area contributed by atoms with Crippen LogP contribution in [0, 0.1) is 10.1 Å². The lowest BCUT2D eigenvalue weighted by molar-refractivity contribution is -0.383. The van der Waals surface area contributed by atoms with Crippen molar-refractivity contribution in [1.29, 1.82) is 0 Å². The first-order chi connectivity index (χ1) is 5.65. The molecule has 0 atom stereocenters. The van der Waals surface area contributed by atoms with Crippen LogP contribution in [0.3, 0.4) is 0 Å². The van der Waals surface area contributed by atoms with Gasteiger partial charge in [-0.1, -0.05) is 11.6 Å². The molecule has 0 radical (unpaired) electrons. The van der Waals surface area contributed by atoms with Crippen molar-refractivity contribution in [3.05, 3.63) is 33.3 Å². The predicted octanol–water partition coefficient (Wildman–Crippen LogP) is 2.97. The fraction of sp³-hybridized carbons (Fsp3) is 0. The molecule has 0 spiro atoms. The second kappa shape index (κ2) is 3.73. The molecule has 0 aliphatic rings. The summed E-state index contributed by atoms with van der Waals surface area (Å²) in [5.74, 6) is 0. The number of rotatable bonds is 2. The molecule has 1 N–H and O–H groups in total. The summed E-state index contributed by atoms with van der Waals surface area (Å²) >= 11 is 8.47. The Morgan fingerprint density at radius 1 is 1.58 bits per heavy atom. The van der Waals surface area contributed by atoms with Crippen LogP contribution in [0.1, 0.15) is 0 Å². The van der Waals surface area contributed by atoms with Crippen LogP contribution in [0.2, 0.25) is 5.02 Å². The second-order valence-corrected chi connectivity index (χ2v) is 2.85. The minimum absolute atomic E-state index is 0.0561. The highest BCUT2D eigenvalue weighted by Crippen LogP contribution is 2.28. The zero-order valence-electron chi connectivity index (χ0n) is 5.75.